The lowest BCUT2D eigenvalue weighted by atomic mass is 9.84. The Balaban J connectivity index is 1.34. The molecular formula is C26H29N7O. The van der Waals surface area contributed by atoms with E-state index in [2.05, 4.69) is 43.2 Å². The zero-order valence-corrected chi connectivity index (χ0v) is 20.1. The zero-order valence-electron chi connectivity index (χ0n) is 20.1. The molecule has 2 aliphatic heterocycles. The summed E-state index contributed by atoms with van der Waals surface area (Å²) in [5.41, 5.74) is 5.96. The number of aromatic nitrogens is 4. The summed E-state index contributed by atoms with van der Waals surface area (Å²) in [5.74, 6) is 2.04. The number of anilines is 2. The molecule has 0 unspecified atom stereocenters. The van der Waals surface area contributed by atoms with Crippen LogP contribution >= 0.6 is 0 Å². The molecule has 0 aliphatic carbocycles. The molecule has 8 nitrogen and oxygen atoms in total. The Bertz CT molecular complexity index is 1270. The Hall–Kier alpha value is -3.57. The molecule has 0 radical (unpaired) electrons. The molecule has 2 aliphatic rings. The van der Waals surface area contributed by atoms with Crippen LogP contribution in [0.1, 0.15) is 41.9 Å². The Morgan fingerprint density at radius 1 is 1.03 bits per heavy atom. The van der Waals surface area contributed by atoms with E-state index in [4.69, 9.17) is 4.98 Å². The van der Waals surface area contributed by atoms with Crippen LogP contribution in [-0.4, -0.2) is 50.5 Å². The number of nitrogens with zero attached hydrogens (tertiary/aromatic N) is 7. The van der Waals surface area contributed by atoms with Crippen LogP contribution in [0.2, 0.25) is 0 Å². The number of aliphatic hydroxyl groups is 1. The van der Waals surface area contributed by atoms with Gasteiger partial charge < -0.3 is 14.9 Å². The average Bonchev–Trinajstić information content (AvgIpc) is 2.79. The van der Waals surface area contributed by atoms with Crippen molar-refractivity contribution in [1.29, 1.82) is 5.26 Å². The smallest absolute Gasteiger partial charge is 0.166 e. The summed E-state index contributed by atoms with van der Waals surface area (Å²) in [6.07, 6.45) is 4.66. The van der Waals surface area contributed by atoms with Crippen LogP contribution in [-0.2, 0) is 13.0 Å². The van der Waals surface area contributed by atoms with Gasteiger partial charge in [-0.15, -0.1) is 10.2 Å². The highest BCUT2D eigenvalue weighted by atomic mass is 16.3. The van der Waals surface area contributed by atoms with Crippen LogP contribution in [0, 0.1) is 31.1 Å². The van der Waals surface area contributed by atoms with Crippen molar-refractivity contribution in [2.24, 2.45) is 5.92 Å². The van der Waals surface area contributed by atoms with E-state index >= 15 is 0 Å². The fraction of sp³-hybridized carbons (Fsp3) is 0.423. The third-order valence-corrected chi connectivity index (χ3v) is 7.23. The molecule has 3 aromatic rings. The van der Waals surface area contributed by atoms with Crippen molar-refractivity contribution in [2.45, 2.75) is 46.3 Å². The fourth-order valence-electron chi connectivity index (χ4n) is 4.62. The minimum atomic E-state index is -0.653. The first kappa shape index (κ1) is 22.2. The highest BCUT2D eigenvalue weighted by molar-refractivity contribution is 5.65. The second-order valence-corrected chi connectivity index (χ2v) is 9.90. The van der Waals surface area contributed by atoms with Gasteiger partial charge in [0.05, 0.1) is 5.60 Å². The summed E-state index contributed by atoms with van der Waals surface area (Å²) >= 11 is 0. The number of nitriles is 1. The van der Waals surface area contributed by atoms with Gasteiger partial charge in [-0.2, -0.15) is 5.26 Å². The van der Waals surface area contributed by atoms with E-state index < -0.39 is 5.60 Å². The summed E-state index contributed by atoms with van der Waals surface area (Å²) in [6, 6.07) is 8.43. The van der Waals surface area contributed by atoms with Crippen molar-refractivity contribution < 1.29 is 5.11 Å². The highest BCUT2D eigenvalue weighted by Gasteiger charge is 2.38. The number of pyridine rings is 2. The van der Waals surface area contributed by atoms with Gasteiger partial charge in [0.25, 0.3) is 0 Å². The van der Waals surface area contributed by atoms with Crippen molar-refractivity contribution >= 4 is 11.6 Å². The van der Waals surface area contributed by atoms with E-state index in [1.54, 1.807) is 0 Å². The Kier molecular flexibility index (Phi) is 5.45. The largest absolute Gasteiger partial charge is 0.390 e. The molecule has 1 N–H and O–H groups in total. The topological polar surface area (TPSA) is 102 Å². The fourth-order valence-corrected chi connectivity index (χ4v) is 4.62. The van der Waals surface area contributed by atoms with Crippen molar-refractivity contribution in [3.63, 3.8) is 0 Å². The van der Waals surface area contributed by atoms with Gasteiger partial charge in [0, 0.05) is 67.7 Å². The number of fused-ring (bicyclic) bond motifs is 1. The van der Waals surface area contributed by atoms with E-state index in [1.807, 2.05) is 46.2 Å². The van der Waals surface area contributed by atoms with Crippen LogP contribution in [0.15, 0.2) is 30.6 Å². The second-order valence-electron chi connectivity index (χ2n) is 9.90. The van der Waals surface area contributed by atoms with Gasteiger partial charge in [-0.25, -0.2) is 4.98 Å². The zero-order chi connectivity index (χ0) is 24.0. The summed E-state index contributed by atoms with van der Waals surface area (Å²) in [4.78, 5) is 13.8. The SMILES string of the molecule is Cc1c(C#N)nnc(N2CCc3ncc(-c4ccc(N5CC(C(C)(C)O)C5)nc4)cc3C2)c1C. The normalized spacial score (nSPS) is 16.1. The molecule has 1 saturated heterocycles. The van der Waals surface area contributed by atoms with Crippen LogP contribution in [0.25, 0.3) is 11.1 Å². The minimum Gasteiger partial charge on any atom is -0.390 e. The standard InChI is InChI=1S/C26H29N7O/c1-16-17(2)25(31-30-23(16)10-27)32-8-7-22-20(13-32)9-19(12-28-22)18-5-6-24(29-11-18)33-14-21(15-33)26(3,4)34/h5-6,9,11-12,21,34H,7-8,13-15H2,1-4H3. The first-order valence-corrected chi connectivity index (χ1v) is 11.6. The molecule has 0 saturated carbocycles. The van der Waals surface area contributed by atoms with E-state index in [1.165, 1.54) is 5.56 Å². The van der Waals surface area contributed by atoms with E-state index in [-0.39, 0.29) is 5.92 Å². The molecule has 0 aromatic carbocycles. The van der Waals surface area contributed by atoms with Crippen molar-refractivity contribution in [3.8, 4) is 17.2 Å². The van der Waals surface area contributed by atoms with Crippen LogP contribution < -0.4 is 9.80 Å². The van der Waals surface area contributed by atoms with Crippen molar-refractivity contribution in [3.05, 3.63) is 58.7 Å². The second kappa shape index (κ2) is 8.33. The van der Waals surface area contributed by atoms with Gasteiger partial charge in [0.15, 0.2) is 11.5 Å². The number of rotatable bonds is 4. The third-order valence-electron chi connectivity index (χ3n) is 7.23. The lowest BCUT2D eigenvalue weighted by Crippen LogP contribution is -2.56. The summed E-state index contributed by atoms with van der Waals surface area (Å²) < 4.78 is 0. The maximum atomic E-state index is 10.2. The van der Waals surface area contributed by atoms with Crippen molar-refractivity contribution in [1.82, 2.24) is 20.2 Å². The number of hydrogen-bond donors (Lipinski definition) is 1. The van der Waals surface area contributed by atoms with Crippen LogP contribution in [0.5, 0.6) is 0 Å². The summed E-state index contributed by atoms with van der Waals surface area (Å²) in [5, 5.41) is 27.8. The van der Waals surface area contributed by atoms with Gasteiger partial charge >= 0.3 is 0 Å². The molecule has 0 amide bonds. The lowest BCUT2D eigenvalue weighted by molar-refractivity contribution is 0.00439. The summed E-state index contributed by atoms with van der Waals surface area (Å²) in [7, 11) is 0. The average molecular weight is 456 g/mol. The van der Waals surface area contributed by atoms with E-state index in [0.29, 0.717) is 12.2 Å². The minimum absolute atomic E-state index is 0.273. The predicted octanol–water partition coefficient (Wildman–Crippen LogP) is 3.19. The molecule has 174 valence electrons. The van der Waals surface area contributed by atoms with Gasteiger partial charge in [-0.1, -0.05) is 0 Å². The van der Waals surface area contributed by atoms with Crippen LogP contribution in [0.3, 0.4) is 0 Å². The van der Waals surface area contributed by atoms with Crippen LogP contribution in [0.4, 0.5) is 11.6 Å². The first-order valence-electron chi connectivity index (χ1n) is 11.6. The van der Waals surface area contributed by atoms with Gasteiger partial charge in [-0.05, 0) is 62.6 Å². The first-order chi connectivity index (χ1) is 16.2. The Labute approximate surface area is 199 Å². The maximum Gasteiger partial charge on any atom is 0.166 e. The van der Waals surface area contributed by atoms with E-state index in [0.717, 1.165) is 65.6 Å². The van der Waals surface area contributed by atoms with Crippen molar-refractivity contribution in [2.75, 3.05) is 29.4 Å². The van der Waals surface area contributed by atoms with Gasteiger partial charge in [-0.3, -0.25) is 4.98 Å². The highest BCUT2D eigenvalue weighted by Crippen LogP contribution is 2.32. The third kappa shape index (κ3) is 3.97. The van der Waals surface area contributed by atoms with Gasteiger partial charge in [0.2, 0.25) is 0 Å². The Morgan fingerprint density at radius 2 is 1.79 bits per heavy atom. The Morgan fingerprint density at radius 3 is 2.47 bits per heavy atom. The predicted molar refractivity (Wildman–Crippen MR) is 130 cm³/mol. The molecule has 5 heterocycles. The number of hydrogen-bond acceptors (Lipinski definition) is 8. The maximum absolute atomic E-state index is 10.2. The monoisotopic (exact) mass is 455 g/mol. The lowest BCUT2D eigenvalue weighted by Gasteiger charge is -2.45. The molecule has 0 atom stereocenters. The quantitative estimate of drug-likeness (QED) is 0.640. The molecule has 0 spiro atoms. The molecule has 8 heteroatoms. The molecule has 34 heavy (non-hydrogen) atoms. The molecule has 0 bridgehead atoms. The molecule has 5 rings (SSSR count). The van der Waals surface area contributed by atoms with Gasteiger partial charge in [0.1, 0.15) is 11.9 Å². The molecular weight excluding hydrogens is 426 g/mol. The molecule has 3 aromatic heterocycles. The van der Waals surface area contributed by atoms with E-state index in [9.17, 15) is 10.4 Å². The summed E-state index contributed by atoms with van der Waals surface area (Å²) in [6.45, 7) is 10.8. The molecule has 1 fully saturated rings.